The second-order valence-electron chi connectivity index (χ2n) is 6.89. The van der Waals surface area contributed by atoms with Crippen molar-refractivity contribution in [3.63, 3.8) is 0 Å². The van der Waals surface area contributed by atoms with Crippen LogP contribution in [-0.4, -0.2) is 38.3 Å². The lowest BCUT2D eigenvalue weighted by Crippen LogP contribution is -2.59. The highest BCUT2D eigenvalue weighted by molar-refractivity contribution is 5.78. The molecule has 108 valence electrons. The van der Waals surface area contributed by atoms with Crippen LogP contribution in [0.2, 0.25) is 0 Å². The van der Waals surface area contributed by atoms with Crippen molar-refractivity contribution in [3.8, 4) is 0 Å². The summed E-state index contributed by atoms with van der Waals surface area (Å²) < 4.78 is 4.94. The summed E-state index contributed by atoms with van der Waals surface area (Å²) in [6.07, 6.45) is 8.22. The highest BCUT2D eigenvalue weighted by Crippen LogP contribution is 2.55. The second kappa shape index (κ2) is 5.41. The maximum atomic E-state index is 11.8. The Kier molecular flexibility index (Phi) is 3.81. The van der Waals surface area contributed by atoms with E-state index in [1.165, 1.54) is 38.5 Å². The van der Waals surface area contributed by atoms with Crippen molar-refractivity contribution in [2.24, 2.45) is 17.8 Å². The highest BCUT2D eigenvalue weighted by atomic mass is 16.5. The van der Waals surface area contributed by atoms with Crippen molar-refractivity contribution < 1.29 is 9.53 Å². The first-order chi connectivity index (χ1) is 9.19. The van der Waals surface area contributed by atoms with Gasteiger partial charge in [0.1, 0.15) is 0 Å². The maximum Gasteiger partial charge on any atom is 0.234 e. The summed E-state index contributed by atoms with van der Waals surface area (Å²) in [4.78, 5) is 11.8. The van der Waals surface area contributed by atoms with Crippen LogP contribution in [0.3, 0.4) is 0 Å². The molecule has 4 aliphatic rings. The van der Waals surface area contributed by atoms with Gasteiger partial charge < -0.3 is 15.4 Å². The zero-order valence-corrected chi connectivity index (χ0v) is 11.9. The van der Waals surface area contributed by atoms with Crippen LogP contribution in [0.1, 0.15) is 38.5 Å². The summed E-state index contributed by atoms with van der Waals surface area (Å²) in [5, 5.41) is 6.49. The number of rotatable bonds is 6. The van der Waals surface area contributed by atoms with Crippen LogP contribution in [0, 0.1) is 17.8 Å². The Balaban J connectivity index is 1.48. The Morgan fingerprint density at radius 3 is 2.26 bits per heavy atom. The Hall–Kier alpha value is -0.610. The van der Waals surface area contributed by atoms with Gasteiger partial charge in [-0.05, 0) is 56.3 Å². The molecule has 2 N–H and O–H groups in total. The molecule has 0 aromatic rings. The highest BCUT2D eigenvalue weighted by Gasteiger charge is 2.50. The predicted octanol–water partition coefficient (Wildman–Crippen LogP) is 1.31. The molecule has 19 heavy (non-hydrogen) atoms. The maximum absolute atomic E-state index is 11.8. The van der Waals surface area contributed by atoms with Crippen molar-refractivity contribution in [1.29, 1.82) is 0 Å². The number of nitrogens with one attached hydrogen (secondary N) is 2. The first kappa shape index (κ1) is 13.4. The normalized spacial score (nSPS) is 39.5. The standard InChI is InChI=1S/C15H26N2O2/c1-19-3-2-16-14(18)10-17-15-7-11-4-12(8-15)6-13(5-11)9-15/h11-13,17H,2-10H2,1H3,(H,16,18). The predicted molar refractivity (Wildman–Crippen MR) is 73.8 cm³/mol. The molecular weight excluding hydrogens is 240 g/mol. The van der Waals surface area contributed by atoms with Crippen molar-refractivity contribution >= 4 is 5.91 Å². The minimum atomic E-state index is 0.104. The molecule has 0 aliphatic heterocycles. The minimum absolute atomic E-state index is 0.104. The molecule has 4 nitrogen and oxygen atoms in total. The van der Waals surface area contributed by atoms with Crippen molar-refractivity contribution in [3.05, 3.63) is 0 Å². The van der Waals surface area contributed by atoms with Gasteiger partial charge in [-0.3, -0.25) is 4.79 Å². The lowest BCUT2D eigenvalue weighted by Gasteiger charge is -2.57. The molecule has 4 bridgehead atoms. The smallest absolute Gasteiger partial charge is 0.234 e. The summed E-state index contributed by atoms with van der Waals surface area (Å²) in [6, 6.07) is 0. The number of ether oxygens (including phenoxy) is 1. The summed E-state index contributed by atoms with van der Waals surface area (Å²) in [5.74, 6) is 2.88. The van der Waals surface area contributed by atoms with E-state index in [2.05, 4.69) is 10.6 Å². The average molecular weight is 266 g/mol. The number of methoxy groups -OCH3 is 1. The van der Waals surface area contributed by atoms with Gasteiger partial charge in [0.15, 0.2) is 0 Å². The molecule has 0 aromatic heterocycles. The van der Waals surface area contributed by atoms with E-state index in [-0.39, 0.29) is 11.4 Å². The summed E-state index contributed by atoms with van der Waals surface area (Å²) >= 11 is 0. The fourth-order valence-corrected chi connectivity index (χ4v) is 4.95. The molecule has 0 saturated heterocycles. The fourth-order valence-electron chi connectivity index (χ4n) is 4.95. The molecule has 4 fully saturated rings. The van der Waals surface area contributed by atoms with Crippen molar-refractivity contribution in [1.82, 2.24) is 10.6 Å². The van der Waals surface area contributed by atoms with Gasteiger partial charge in [-0.2, -0.15) is 0 Å². The van der Waals surface area contributed by atoms with Gasteiger partial charge in [-0.1, -0.05) is 0 Å². The van der Waals surface area contributed by atoms with Gasteiger partial charge >= 0.3 is 0 Å². The van der Waals surface area contributed by atoms with E-state index < -0.39 is 0 Å². The van der Waals surface area contributed by atoms with Crippen LogP contribution >= 0.6 is 0 Å². The molecule has 4 saturated carbocycles. The number of hydrogen-bond donors (Lipinski definition) is 2. The minimum Gasteiger partial charge on any atom is -0.383 e. The molecule has 4 rings (SSSR count). The second-order valence-corrected chi connectivity index (χ2v) is 6.89. The molecule has 0 unspecified atom stereocenters. The number of hydrogen-bond acceptors (Lipinski definition) is 3. The zero-order valence-electron chi connectivity index (χ0n) is 11.9. The molecule has 0 radical (unpaired) electrons. The number of amides is 1. The van der Waals surface area contributed by atoms with E-state index in [0.717, 1.165) is 17.8 Å². The number of carbonyl (C=O) groups is 1. The molecular formula is C15H26N2O2. The van der Waals surface area contributed by atoms with Crippen LogP contribution in [0.25, 0.3) is 0 Å². The summed E-state index contributed by atoms with van der Waals surface area (Å²) in [5.41, 5.74) is 0.285. The van der Waals surface area contributed by atoms with Crippen molar-refractivity contribution in [2.75, 3.05) is 26.8 Å². The van der Waals surface area contributed by atoms with Crippen LogP contribution in [-0.2, 0) is 9.53 Å². The van der Waals surface area contributed by atoms with Crippen LogP contribution < -0.4 is 10.6 Å². The quantitative estimate of drug-likeness (QED) is 0.713. The first-order valence-electron chi connectivity index (χ1n) is 7.70. The van der Waals surface area contributed by atoms with E-state index >= 15 is 0 Å². The van der Waals surface area contributed by atoms with Crippen LogP contribution in [0.4, 0.5) is 0 Å². The molecule has 4 aliphatic carbocycles. The van der Waals surface area contributed by atoms with Gasteiger partial charge in [0.2, 0.25) is 5.91 Å². The number of carbonyl (C=O) groups excluding carboxylic acids is 1. The SMILES string of the molecule is COCCNC(=O)CNC12CC3CC(CC(C3)C1)C2. The van der Waals surface area contributed by atoms with Gasteiger partial charge in [0.05, 0.1) is 13.2 Å². The third-order valence-electron chi connectivity index (χ3n) is 5.29. The van der Waals surface area contributed by atoms with Gasteiger partial charge in [-0.15, -0.1) is 0 Å². The van der Waals surface area contributed by atoms with Gasteiger partial charge in [0, 0.05) is 19.2 Å². The molecule has 0 atom stereocenters. The van der Waals surface area contributed by atoms with Crippen molar-refractivity contribution in [2.45, 2.75) is 44.1 Å². The molecule has 4 heteroatoms. The largest absolute Gasteiger partial charge is 0.383 e. The Bertz CT molecular complexity index is 308. The third-order valence-corrected chi connectivity index (χ3v) is 5.29. The van der Waals surface area contributed by atoms with Crippen LogP contribution in [0.15, 0.2) is 0 Å². The van der Waals surface area contributed by atoms with E-state index in [0.29, 0.717) is 19.7 Å². The Labute approximate surface area is 115 Å². The van der Waals surface area contributed by atoms with Crippen LogP contribution in [0.5, 0.6) is 0 Å². The summed E-state index contributed by atoms with van der Waals surface area (Å²) in [7, 11) is 1.65. The average Bonchev–Trinajstić information content (AvgIpc) is 2.35. The lowest BCUT2D eigenvalue weighted by molar-refractivity contribution is -0.121. The van der Waals surface area contributed by atoms with E-state index in [1.807, 2.05) is 0 Å². The molecule has 0 heterocycles. The topological polar surface area (TPSA) is 50.4 Å². The fraction of sp³-hybridized carbons (Fsp3) is 0.933. The third kappa shape index (κ3) is 2.95. The monoisotopic (exact) mass is 266 g/mol. The lowest BCUT2D eigenvalue weighted by atomic mass is 9.53. The molecule has 1 amide bonds. The Morgan fingerprint density at radius 1 is 1.16 bits per heavy atom. The molecule has 0 spiro atoms. The Morgan fingerprint density at radius 2 is 1.74 bits per heavy atom. The zero-order chi connectivity index (χ0) is 13.3. The van der Waals surface area contributed by atoms with Gasteiger partial charge in [-0.25, -0.2) is 0 Å². The van der Waals surface area contributed by atoms with E-state index in [4.69, 9.17) is 4.74 Å². The van der Waals surface area contributed by atoms with Gasteiger partial charge in [0.25, 0.3) is 0 Å². The first-order valence-corrected chi connectivity index (χ1v) is 7.70. The molecule has 0 aromatic carbocycles. The van der Waals surface area contributed by atoms with E-state index in [9.17, 15) is 4.79 Å². The van der Waals surface area contributed by atoms with E-state index in [1.54, 1.807) is 7.11 Å². The summed E-state index contributed by atoms with van der Waals surface area (Å²) in [6.45, 7) is 1.66.